The smallest absolute Gasteiger partial charge is 0.305 e. The number of unbranched alkanes of at least 4 members (excludes halogenated alkanes) is 44. The van der Waals surface area contributed by atoms with Gasteiger partial charge in [0.2, 0.25) is 5.91 Å². The van der Waals surface area contributed by atoms with Crippen molar-refractivity contribution in [2.45, 2.75) is 360 Å². The van der Waals surface area contributed by atoms with Crippen molar-refractivity contribution < 1.29 is 24.5 Å². The number of carbonyl (C=O) groups is 2. The molecule has 0 aliphatic heterocycles. The van der Waals surface area contributed by atoms with Crippen LogP contribution in [0.25, 0.3) is 0 Å². The summed E-state index contributed by atoms with van der Waals surface area (Å²) >= 11 is 0. The quantitative estimate of drug-likeness (QED) is 0.0321. The molecule has 0 saturated carbocycles. The van der Waals surface area contributed by atoms with E-state index in [0.717, 1.165) is 44.9 Å². The summed E-state index contributed by atoms with van der Waals surface area (Å²) in [5.74, 6) is -0.0358. The molecule has 6 heteroatoms. The maximum atomic E-state index is 12.5. The van der Waals surface area contributed by atoms with Gasteiger partial charge in [-0.1, -0.05) is 282 Å². The van der Waals surface area contributed by atoms with Gasteiger partial charge in [0.1, 0.15) is 0 Å². The average molecular weight is 987 g/mol. The molecule has 0 rings (SSSR count). The van der Waals surface area contributed by atoms with E-state index in [1.165, 1.54) is 270 Å². The molecule has 0 aromatic heterocycles. The highest BCUT2D eigenvalue weighted by atomic mass is 16.5. The fourth-order valence-corrected chi connectivity index (χ4v) is 9.87. The van der Waals surface area contributed by atoms with E-state index in [1.807, 2.05) is 0 Å². The maximum Gasteiger partial charge on any atom is 0.305 e. The zero-order chi connectivity index (χ0) is 50.7. The summed E-state index contributed by atoms with van der Waals surface area (Å²) in [6.07, 6.45) is 73.3. The molecule has 0 radical (unpaired) electrons. The molecule has 0 aromatic rings. The third kappa shape index (κ3) is 55.7. The minimum absolute atomic E-state index is 0.00630. The minimum atomic E-state index is -0.669. The number of allylic oxidation sites excluding steroid dienone is 4. The van der Waals surface area contributed by atoms with Crippen LogP contribution in [0.15, 0.2) is 24.3 Å². The average Bonchev–Trinajstić information content (AvgIpc) is 3.36. The molecule has 1 amide bonds. The van der Waals surface area contributed by atoms with Gasteiger partial charge in [0.15, 0.2) is 0 Å². The number of aliphatic hydroxyl groups excluding tert-OH is 2. The molecule has 0 aromatic carbocycles. The predicted molar refractivity (Wildman–Crippen MR) is 306 cm³/mol. The number of rotatable bonds is 59. The van der Waals surface area contributed by atoms with Crippen LogP contribution in [-0.2, 0) is 14.3 Å². The van der Waals surface area contributed by atoms with E-state index >= 15 is 0 Å². The Bertz CT molecular complexity index is 1090. The van der Waals surface area contributed by atoms with Crippen LogP contribution in [0.5, 0.6) is 0 Å². The van der Waals surface area contributed by atoms with Crippen molar-refractivity contribution in [1.29, 1.82) is 0 Å². The van der Waals surface area contributed by atoms with Gasteiger partial charge in [-0.3, -0.25) is 9.59 Å². The number of hydrogen-bond donors (Lipinski definition) is 3. The van der Waals surface area contributed by atoms with Gasteiger partial charge in [-0.05, 0) is 77.0 Å². The van der Waals surface area contributed by atoms with Crippen molar-refractivity contribution in [3.05, 3.63) is 24.3 Å². The lowest BCUT2D eigenvalue weighted by Gasteiger charge is -2.22. The van der Waals surface area contributed by atoms with E-state index in [0.29, 0.717) is 25.9 Å². The van der Waals surface area contributed by atoms with Crippen LogP contribution in [-0.4, -0.2) is 47.4 Å². The van der Waals surface area contributed by atoms with Crippen molar-refractivity contribution >= 4 is 11.9 Å². The number of nitrogens with one attached hydrogen (secondary N) is 1. The Balaban J connectivity index is 3.40. The molecule has 3 N–H and O–H groups in total. The lowest BCUT2D eigenvalue weighted by molar-refractivity contribution is -0.143. The third-order valence-electron chi connectivity index (χ3n) is 14.7. The molecule has 70 heavy (non-hydrogen) atoms. The largest absolute Gasteiger partial charge is 0.466 e. The van der Waals surface area contributed by atoms with E-state index in [4.69, 9.17) is 4.74 Å². The molecule has 2 unspecified atom stereocenters. The molecule has 2 atom stereocenters. The first kappa shape index (κ1) is 68.3. The van der Waals surface area contributed by atoms with Crippen molar-refractivity contribution in [2.24, 2.45) is 0 Å². The second-order valence-corrected chi connectivity index (χ2v) is 21.7. The second kappa shape index (κ2) is 59.9. The number of amides is 1. The van der Waals surface area contributed by atoms with Gasteiger partial charge in [-0.25, -0.2) is 0 Å². The Labute approximate surface area is 437 Å². The molecule has 6 nitrogen and oxygen atoms in total. The van der Waals surface area contributed by atoms with E-state index in [-0.39, 0.29) is 18.5 Å². The standard InChI is InChI=1S/C64H123NO5/c1-3-5-7-9-11-13-15-17-19-20-23-27-30-34-38-42-46-50-54-58-64(69)70-59-55-51-47-43-39-35-31-28-25-22-21-24-26-29-33-37-41-45-49-53-57-63(68)65-61(60-66)62(67)56-52-48-44-40-36-32-18-16-14-12-10-8-6-4-2/h17,19,21,24,61-62,66-67H,3-16,18,20,22-23,25-60H2,1-2H3,(H,65,68)/b19-17-,24-21-. The lowest BCUT2D eigenvalue weighted by atomic mass is 10.0. The first-order valence-electron chi connectivity index (χ1n) is 31.6. The van der Waals surface area contributed by atoms with Gasteiger partial charge < -0.3 is 20.3 Å². The van der Waals surface area contributed by atoms with Crippen LogP contribution in [0, 0.1) is 0 Å². The third-order valence-corrected chi connectivity index (χ3v) is 14.7. The number of aliphatic hydroxyl groups is 2. The van der Waals surface area contributed by atoms with Crippen LogP contribution < -0.4 is 5.32 Å². The van der Waals surface area contributed by atoms with Crippen LogP contribution >= 0.6 is 0 Å². The van der Waals surface area contributed by atoms with Crippen molar-refractivity contribution in [1.82, 2.24) is 5.32 Å². The number of carbonyl (C=O) groups excluding carboxylic acids is 2. The van der Waals surface area contributed by atoms with Crippen LogP contribution in [0.3, 0.4) is 0 Å². The zero-order valence-electron chi connectivity index (χ0n) is 47.3. The summed E-state index contributed by atoms with van der Waals surface area (Å²) in [6.45, 7) is 4.96. The molecule has 414 valence electrons. The van der Waals surface area contributed by atoms with Gasteiger partial charge in [-0.2, -0.15) is 0 Å². The highest BCUT2D eigenvalue weighted by Gasteiger charge is 2.20. The minimum Gasteiger partial charge on any atom is -0.466 e. The first-order chi connectivity index (χ1) is 34.5. The van der Waals surface area contributed by atoms with Crippen LogP contribution in [0.1, 0.15) is 348 Å². The molecule has 0 fully saturated rings. The molecular formula is C64H123NO5. The second-order valence-electron chi connectivity index (χ2n) is 21.7. The Hall–Kier alpha value is -1.66. The van der Waals surface area contributed by atoms with Crippen molar-refractivity contribution in [3.63, 3.8) is 0 Å². The number of ether oxygens (including phenoxy) is 1. The van der Waals surface area contributed by atoms with Gasteiger partial charge in [0.25, 0.3) is 0 Å². The fourth-order valence-electron chi connectivity index (χ4n) is 9.87. The van der Waals surface area contributed by atoms with E-state index in [2.05, 4.69) is 43.5 Å². The molecule has 0 aliphatic rings. The zero-order valence-corrected chi connectivity index (χ0v) is 47.3. The lowest BCUT2D eigenvalue weighted by Crippen LogP contribution is -2.45. The van der Waals surface area contributed by atoms with Crippen molar-refractivity contribution in [2.75, 3.05) is 13.2 Å². The van der Waals surface area contributed by atoms with Crippen LogP contribution in [0.2, 0.25) is 0 Å². The fraction of sp³-hybridized carbons (Fsp3) is 0.906. The van der Waals surface area contributed by atoms with Gasteiger partial charge in [-0.15, -0.1) is 0 Å². The molecule has 0 saturated heterocycles. The van der Waals surface area contributed by atoms with E-state index in [1.54, 1.807) is 0 Å². The number of esters is 1. The summed E-state index contributed by atoms with van der Waals surface area (Å²) in [4.78, 5) is 24.6. The molecule has 0 bridgehead atoms. The summed E-state index contributed by atoms with van der Waals surface area (Å²) in [5.41, 5.74) is 0. The van der Waals surface area contributed by atoms with Gasteiger partial charge >= 0.3 is 5.97 Å². The molecule has 0 spiro atoms. The normalized spacial score (nSPS) is 12.7. The summed E-state index contributed by atoms with van der Waals surface area (Å²) in [6, 6.07) is -0.547. The monoisotopic (exact) mass is 986 g/mol. The van der Waals surface area contributed by atoms with Crippen LogP contribution in [0.4, 0.5) is 0 Å². The number of hydrogen-bond acceptors (Lipinski definition) is 5. The molecular weight excluding hydrogens is 863 g/mol. The Morgan fingerprint density at radius 1 is 0.386 bits per heavy atom. The predicted octanol–water partition coefficient (Wildman–Crippen LogP) is 19.8. The highest BCUT2D eigenvalue weighted by Crippen LogP contribution is 2.17. The summed E-state index contributed by atoms with van der Waals surface area (Å²) in [5, 5.41) is 23.3. The highest BCUT2D eigenvalue weighted by molar-refractivity contribution is 5.76. The molecule has 0 heterocycles. The Morgan fingerprint density at radius 2 is 0.671 bits per heavy atom. The SMILES string of the molecule is CCCCCCCC/C=C\CCCCCCCCCCCC(=O)OCCCCCCCCCCC/C=C\CCCCCCCCCC(=O)NC(CO)C(O)CCCCCCCCCCCCCCCC. The summed E-state index contributed by atoms with van der Waals surface area (Å²) < 4.78 is 5.50. The maximum absolute atomic E-state index is 12.5. The first-order valence-corrected chi connectivity index (χ1v) is 31.6. The Morgan fingerprint density at radius 3 is 1.01 bits per heavy atom. The topological polar surface area (TPSA) is 95.9 Å². The van der Waals surface area contributed by atoms with E-state index in [9.17, 15) is 19.8 Å². The van der Waals surface area contributed by atoms with Gasteiger partial charge in [0.05, 0.1) is 25.4 Å². The molecule has 0 aliphatic carbocycles. The summed E-state index contributed by atoms with van der Waals surface area (Å²) in [7, 11) is 0. The Kier molecular flexibility index (Phi) is 58.5. The van der Waals surface area contributed by atoms with Gasteiger partial charge in [0, 0.05) is 12.8 Å². The van der Waals surface area contributed by atoms with Crippen molar-refractivity contribution in [3.8, 4) is 0 Å². The van der Waals surface area contributed by atoms with E-state index < -0.39 is 12.1 Å².